The average molecular weight is 365 g/mol. The fourth-order valence-corrected chi connectivity index (χ4v) is 3.19. The lowest BCUT2D eigenvalue weighted by atomic mass is 9.98. The van der Waals surface area contributed by atoms with E-state index in [-0.39, 0.29) is 12.5 Å². The van der Waals surface area contributed by atoms with Gasteiger partial charge in [0.05, 0.1) is 11.0 Å². The highest BCUT2D eigenvalue weighted by molar-refractivity contribution is 5.77. The fraction of sp³-hybridized carbons (Fsp3) is 0.364. The number of benzene rings is 2. The van der Waals surface area contributed by atoms with Crippen LogP contribution in [0.25, 0.3) is 11.0 Å². The first-order chi connectivity index (χ1) is 13.0. The van der Waals surface area contributed by atoms with Crippen molar-refractivity contribution in [2.45, 2.75) is 39.5 Å². The van der Waals surface area contributed by atoms with E-state index in [1.54, 1.807) is 0 Å². The molecule has 2 N–H and O–H groups in total. The number of para-hydroxylation sites is 2. The van der Waals surface area contributed by atoms with Crippen molar-refractivity contribution < 1.29 is 9.53 Å². The Morgan fingerprint density at radius 2 is 2.04 bits per heavy atom. The molecule has 5 heteroatoms. The molecule has 0 radical (unpaired) electrons. The van der Waals surface area contributed by atoms with Crippen molar-refractivity contribution in [1.82, 2.24) is 15.3 Å². The van der Waals surface area contributed by atoms with Gasteiger partial charge >= 0.3 is 0 Å². The number of ether oxygens (including phenoxy) is 1. The van der Waals surface area contributed by atoms with Crippen LogP contribution in [0.3, 0.4) is 0 Å². The average Bonchev–Trinajstić information content (AvgIpc) is 3.06. The van der Waals surface area contributed by atoms with Crippen LogP contribution in [0.15, 0.2) is 42.5 Å². The highest BCUT2D eigenvalue weighted by atomic mass is 16.5. The maximum absolute atomic E-state index is 12.0. The third-order valence-corrected chi connectivity index (χ3v) is 4.58. The van der Waals surface area contributed by atoms with Gasteiger partial charge < -0.3 is 15.0 Å². The van der Waals surface area contributed by atoms with Crippen molar-refractivity contribution in [2.24, 2.45) is 0 Å². The highest BCUT2D eigenvalue weighted by Gasteiger charge is 2.07. The zero-order valence-electron chi connectivity index (χ0n) is 16.2. The molecule has 0 atom stereocenters. The monoisotopic (exact) mass is 365 g/mol. The second-order valence-electron chi connectivity index (χ2n) is 7.12. The summed E-state index contributed by atoms with van der Waals surface area (Å²) in [5.74, 6) is 2.05. The van der Waals surface area contributed by atoms with Gasteiger partial charge in [0.1, 0.15) is 11.6 Å². The van der Waals surface area contributed by atoms with Crippen LogP contribution < -0.4 is 10.1 Å². The molecule has 3 aromatic rings. The highest BCUT2D eigenvalue weighted by Crippen LogP contribution is 2.23. The van der Waals surface area contributed by atoms with Crippen LogP contribution in [0.2, 0.25) is 0 Å². The molecule has 1 heterocycles. The molecule has 0 fully saturated rings. The third-order valence-electron chi connectivity index (χ3n) is 4.58. The zero-order chi connectivity index (χ0) is 19.2. The smallest absolute Gasteiger partial charge is 0.257 e. The molecule has 142 valence electrons. The summed E-state index contributed by atoms with van der Waals surface area (Å²) >= 11 is 0. The molecular formula is C22H27N3O2. The summed E-state index contributed by atoms with van der Waals surface area (Å²) in [4.78, 5) is 19.8. The van der Waals surface area contributed by atoms with Crippen LogP contribution >= 0.6 is 0 Å². The number of amides is 1. The number of imidazole rings is 1. The number of aromatic amines is 1. The van der Waals surface area contributed by atoms with Crippen molar-refractivity contribution in [3.05, 3.63) is 59.4 Å². The Labute approximate surface area is 160 Å². The van der Waals surface area contributed by atoms with Gasteiger partial charge in [-0.05, 0) is 54.7 Å². The van der Waals surface area contributed by atoms with E-state index in [2.05, 4.69) is 42.1 Å². The fourth-order valence-electron chi connectivity index (χ4n) is 3.19. The molecule has 0 aliphatic rings. The number of nitrogens with one attached hydrogen (secondary N) is 2. The summed E-state index contributed by atoms with van der Waals surface area (Å²) < 4.78 is 5.61. The summed E-state index contributed by atoms with van der Waals surface area (Å²) in [5.41, 5.74) is 4.51. The summed E-state index contributed by atoms with van der Waals surface area (Å²) in [6, 6.07) is 14.0. The number of hydrogen-bond acceptors (Lipinski definition) is 3. The molecule has 0 spiro atoms. The van der Waals surface area contributed by atoms with Crippen molar-refractivity contribution in [3.63, 3.8) is 0 Å². The number of aromatic nitrogens is 2. The number of fused-ring (bicyclic) bond motifs is 1. The standard InChI is InChI=1S/C22H27N3O2/c1-15(2)18-11-10-17(13-16(18)3)27-14-22(26)23-12-6-9-21-24-19-7-4-5-8-20(19)25-21/h4-5,7-8,10-11,13,15H,6,9,12,14H2,1-3H3,(H,23,26)(H,24,25). The summed E-state index contributed by atoms with van der Waals surface area (Å²) in [6.45, 7) is 7.04. The number of H-pyrrole nitrogens is 1. The number of hydrogen-bond donors (Lipinski definition) is 2. The minimum Gasteiger partial charge on any atom is -0.484 e. The lowest BCUT2D eigenvalue weighted by molar-refractivity contribution is -0.123. The Balaban J connectivity index is 1.39. The quantitative estimate of drug-likeness (QED) is 0.590. The van der Waals surface area contributed by atoms with Crippen molar-refractivity contribution >= 4 is 16.9 Å². The zero-order valence-corrected chi connectivity index (χ0v) is 16.2. The molecule has 0 aliphatic heterocycles. The Morgan fingerprint density at radius 3 is 2.78 bits per heavy atom. The molecule has 5 nitrogen and oxygen atoms in total. The summed E-state index contributed by atoms with van der Waals surface area (Å²) in [7, 11) is 0. The van der Waals surface area contributed by atoms with Gasteiger partial charge in [-0.15, -0.1) is 0 Å². The lowest BCUT2D eigenvalue weighted by Gasteiger charge is -2.12. The second-order valence-corrected chi connectivity index (χ2v) is 7.12. The molecule has 0 aliphatic carbocycles. The first kappa shape index (κ1) is 19.0. The van der Waals surface area contributed by atoms with E-state index >= 15 is 0 Å². The molecule has 0 bridgehead atoms. The third kappa shape index (κ3) is 5.09. The van der Waals surface area contributed by atoms with Gasteiger partial charge in [0, 0.05) is 13.0 Å². The van der Waals surface area contributed by atoms with Crippen LogP contribution in [-0.2, 0) is 11.2 Å². The van der Waals surface area contributed by atoms with Gasteiger partial charge in [0.2, 0.25) is 0 Å². The number of aryl methyl sites for hydroxylation is 2. The molecular weight excluding hydrogens is 338 g/mol. The normalized spacial score (nSPS) is 11.1. The van der Waals surface area contributed by atoms with Crippen molar-refractivity contribution in [1.29, 1.82) is 0 Å². The van der Waals surface area contributed by atoms with E-state index < -0.39 is 0 Å². The predicted molar refractivity (Wildman–Crippen MR) is 108 cm³/mol. The minimum absolute atomic E-state index is 0.0328. The molecule has 3 rings (SSSR count). The van der Waals surface area contributed by atoms with Crippen molar-refractivity contribution in [2.75, 3.05) is 13.2 Å². The topological polar surface area (TPSA) is 67.0 Å². The van der Waals surface area contributed by atoms with Gasteiger partial charge in [0.25, 0.3) is 5.91 Å². The van der Waals surface area contributed by atoms with E-state index in [1.807, 2.05) is 36.4 Å². The van der Waals surface area contributed by atoms with Crippen LogP contribution in [-0.4, -0.2) is 29.0 Å². The minimum atomic E-state index is -0.106. The van der Waals surface area contributed by atoms with E-state index in [0.717, 1.165) is 35.4 Å². The van der Waals surface area contributed by atoms with E-state index in [1.165, 1.54) is 11.1 Å². The first-order valence-corrected chi connectivity index (χ1v) is 9.46. The summed E-state index contributed by atoms with van der Waals surface area (Å²) in [6.07, 6.45) is 1.62. The van der Waals surface area contributed by atoms with E-state index in [0.29, 0.717) is 12.5 Å². The van der Waals surface area contributed by atoms with Gasteiger partial charge in [-0.3, -0.25) is 4.79 Å². The Bertz CT molecular complexity index is 882. The summed E-state index contributed by atoms with van der Waals surface area (Å²) in [5, 5.41) is 2.90. The molecule has 2 aromatic carbocycles. The molecule has 1 aromatic heterocycles. The van der Waals surface area contributed by atoms with Gasteiger partial charge in [-0.1, -0.05) is 32.0 Å². The number of nitrogens with zero attached hydrogens (tertiary/aromatic N) is 1. The van der Waals surface area contributed by atoms with Crippen LogP contribution in [0.4, 0.5) is 0 Å². The largest absolute Gasteiger partial charge is 0.484 e. The number of carbonyl (C=O) groups is 1. The van der Waals surface area contributed by atoms with Gasteiger partial charge in [-0.2, -0.15) is 0 Å². The van der Waals surface area contributed by atoms with Gasteiger partial charge in [-0.25, -0.2) is 4.98 Å². The van der Waals surface area contributed by atoms with Crippen molar-refractivity contribution in [3.8, 4) is 5.75 Å². The second kappa shape index (κ2) is 8.71. The number of carbonyl (C=O) groups excluding carboxylic acids is 1. The van der Waals surface area contributed by atoms with E-state index in [9.17, 15) is 4.79 Å². The maximum atomic E-state index is 12.0. The molecule has 1 amide bonds. The van der Waals surface area contributed by atoms with E-state index in [4.69, 9.17) is 4.74 Å². The molecule has 0 saturated heterocycles. The molecule has 27 heavy (non-hydrogen) atoms. The Hall–Kier alpha value is -2.82. The lowest BCUT2D eigenvalue weighted by Crippen LogP contribution is -2.30. The molecule has 0 unspecified atom stereocenters. The predicted octanol–water partition coefficient (Wildman–Crippen LogP) is 4.12. The van der Waals surface area contributed by atoms with Crippen LogP contribution in [0, 0.1) is 6.92 Å². The first-order valence-electron chi connectivity index (χ1n) is 9.46. The number of rotatable bonds is 8. The van der Waals surface area contributed by atoms with Crippen LogP contribution in [0.5, 0.6) is 5.75 Å². The Kier molecular flexibility index (Phi) is 6.12. The Morgan fingerprint density at radius 1 is 1.22 bits per heavy atom. The molecule has 0 saturated carbocycles. The van der Waals surface area contributed by atoms with Gasteiger partial charge in [0.15, 0.2) is 6.61 Å². The maximum Gasteiger partial charge on any atom is 0.257 e. The SMILES string of the molecule is Cc1cc(OCC(=O)NCCCc2nc3ccccc3[nH]2)ccc1C(C)C. The van der Waals surface area contributed by atoms with Crippen LogP contribution in [0.1, 0.15) is 43.1 Å².